The molecular weight excluding hydrogens is 272 g/mol. The molecule has 0 radical (unpaired) electrons. The topological polar surface area (TPSA) is 29.5 Å². The van der Waals surface area contributed by atoms with Crippen LogP contribution in [0.25, 0.3) is 0 Å². The Balaban J connectivity index is 1.89. The van der Waals surface area contributed by atoms with Crippen LogP contribution in [0.1, 0.15) is 86.0 Å². The number of aliphatic hydroxyl groups excluding tert-OH is 1. The van der Waals surface area contributed by atoms with E-state index in [0.29, 0.717) is 16.7 Å². The molecule has 22 heavy (non-hydrogen) atoms. The zero-order valence-corrected chi connectivity index (χ0v) is 15.4. The average molecular weight is 309 g/mol. The van der Waals surface area contributed by atoms with Gasteiger partial charge in [-0.2, -0.15) is 0 Å². The van der Waals surface area contributed by atoms with Crippen molar-refractivity contribution in [2.45, 2.75) is 97.2 Å². The van der Waals surface area contributed by atoms with E-state index < -0.39 is 0 Å². The summed E-state index contributed by atoms with van der Waals surface area (Å²) >= 11 is 0. The van der Waals surface area contributed by atoms with Crippen molar-refractivity contribution < 1.29 is 9.84 Å². The van der Waals surface area contributed by atoms with Gasteiger partial charge in [-0.25, -0.2) is 0 Å². The predicted octanol–water partition coefficient (Wildman–Crippen LogP) is 4.94. The number of ether oxygens (including phenoxy) is 1. The molecule has 2 nitrogen and oxygen atoms in total. The molecule has 1 heterocycles. The van der Waals surface area contributed by atoms with E-state index >= 15 is 0 Å². The van der Waals surface area contributed by atoms with Gasteiger partial charge in [-0.1, -0.05) is 27.2 Å². The Bertz CT molecular complexity index is 431. The summed E-state index contributed by atoms with van der Waals surface area (Å²) in [5.74, 6) is 1.53. The summed E-state index contributed by atoms with van der Waals surface area (Å²) in [5, 5.41) is 9.39. The molecule has 0 aromatic carbocycles. The van der Waals surface area contributed by atoms with Gasteiger partial charge in [0.25, 0.3) is 0 Å². The maximum Gasteiger partial charge on any atom is 0.0695 e. The number of hydrogen-bond acceptors (Lipinski definition) is 2. The lowest BCUT2D eigenvalue weighted by molar-refractivity contribution is -0.267. The van der Waals surface area contributed by atoms with Gasteiger partial charge in [0.1, 0.15) is 0 Å². The van der Waals surface area contributed by atoms with Crippen LogP contribution in [0.3, 0.4) is 0 Å². The highest BCUT2D eigenvalue weighted by atomic mass is 16.5. The fourth-order valence-corrected chi connectivity index (χ4v) is 6.84. The molecule has 0 amide bonds. The molecule has 3 aliphatic rings. The minimum absolute atomic E-state index is 0.0147. The number of rotatable bonds is 2. The third-order valence-electron chi connectivity index (χ3n) is 7.82. The molecule has 0 aromatic rings. The molecule has 3 rings (SSSR count). The van der Waals surface area contributed by atoms with Crippen LogP contribution in [-0.4, -0.2) is 22.9 Å². The molecule has 5 atom stereocenters. The lowest BCUT2D eigenvalue weighted by Crippen LogP contribution is -2.62. The Morgan fingerprint density at radius 2 is 1.59 bits per heavy atom. The minimum atomic E-state index is -0.118. The summed E-state index contributed by atoms with van der Waals surface area (Å²) in [4.78, 5) is 0. The summed E-state index contributed by atoms with van der Waals surface area (Å²) in [6.07, 6.45) is 9.81. The van der Waals surface area contributed by atoms with E-state index in [2.05, 4.69) is 34.6 Å². The van der Waals surface area contributed by atoms with Gasteiger partial charge in [-0.05, 0) is 81.5 Å². The highest BCUT2D eigenvalue weighted by Gasteiger charge is 2.61. The van der Waals surface area contributed by atoms with Crippen LogP contribution in [0.15, 0.2) is 0 Å². The second-order valence-corrected chi connectivity index (χ2v) is 9.87. The normalized spacial score (nSPS) is 51.0. The monoisotopic (exact) mass is 308 g/mol. The molecule has 1 N–H and O–H groups in total. The van der Waals surface area contributed by atoms with E-state index in [1.54, 1.807) is 0 Å². The molecular formula is C20H36O2. The molecule has 0 bridgehead atoms. The lowest BCUT2D eigenvalue weighted by atomic mass is 9.44. The van der Waals surface area contributed by atoms with Gasteiger partial charge in [-0.15, -0.1) is 0 Å². The Hall–Kier alpha value is -0.0800. The number of fused-ring (bicyclic) bond motifs is 3. The van der Waals surface area contributed by atoms with Crippen LogP contribution >= 0.6 is 0 Å². The van der Waals surface area contributed by atoms with Crippen molar-refractivity contribution in [1.82, 2.24) is 0 Å². The van der Waals surface area contributed by atoms with E-state index in [1.807, 2.05) is 0 Å². The van der Waals surface area contributed by atoms with Crippen LogP contribution in [0.2, 0.25) is 0 Å². The molecule has 1 saturated heterocycles. The van der Waals surface area contributed by atoms with Crippen molar-refractivity contribution in [2.75, 3.05) is 6.61 Å². The first-order chi connectivity index (χ1) is 10.2. The predicted molar refractivity (Wildman–Crippen MR) is 90.8 cm³/mol. The third-order valence-corrected chi connectivity index (χ3v) is 7.82. The fraction of sp³-hybridized carbons (Fsp3) is 1.00. The van der Waals surface area contributed by atoms with Gasteiger partial charge in [0.15, 0.2) is 0 Å². The lowest BCUT2D eigenvalue weighted by Gasteiger charge is -2.65. The fourth-order valence-electron chi connectivity index (χ4n) is 6.84. The molecule has 128 valence electrons. The van der Waals surface area contributed by atoms with Crippen molar-refractivity contribution in [3.8, 4) is 0 Å². The molecule has 1 aliphatic heterocycles. The van der Waals surface area contributed by atoms with Crippen LogP contribution in [-0.2, 0) is 4.74 Å². The standard InChI is InChI=1S/C20H36O2/c1-17(2)9-6-10-19(4)15(17)8-12-20(5)16(19)7-11-18(3,22-20)13-14-21/h15-16,21H,6-14H2,1-5H3/t15-,16+,18-,19-,20+/m0/s1. The molecule has 0 unspecified atom stereocenters. The molecule has 2 heteroatoms. The molecule has 2 aliphatic carbocycles. The quantitative estimate of drug-likeness (QED) is 0.783. The second-order valence-electron chi connectivity index (χ2n) is 9.87. The summed E-state index contributed by atoms with van der Waals surface area (Å²) in [6.45, 7) is 12.4. The largest absolute Gasteiger partial charge is 0.396 e. The maximum atomic E-state index is 9.39. The van der Waals surface area contributed by atoms with Crippen LogP contribution in [0, 0.1) is 22.7 Å². The Morgan fingerprint density at radius 1 is 0.909 bits per heavy atom. The summed E-state index contributed by atoms with van der Waals surface area (Å²) in [5.41, 5.74) is 0.823. The summed E-state index contributed by atoms with van der Waals surface area (Å²) < 4.78 is 6.73. The second kappa shape index (κ2) is 5.21. The van der Waals surface area contributed by atoms with E-state index in [1.165, 1.54) is 38.5 Å². The summed E-state index contributed by atoms with van der Waals surface area (Å²) in [7, 11) is 0. The zero-order valence-electron chi connectivity index (χ0n) is 15.4. The van der Waals surface area contributed by atoms with E-state index in [0.717, 1.165) is 18.8 Å². The smallest absolute Gasteiger partial charge is 0.0695 e. The SMILES string of the molecule is CC1(C)CCC[C@]2(C)[C@H]3CC[C@@](C)(CCO)O[C@]3(C)CC[C@@H]12. The summed E-state index contributed by atoms with van der Waals surface area (Å²) in [6, 6.07) is 0. The Labute approximate surface area is 137 Å². The van der Waals surface area contributed by atoms with Crippen LogP contribution < -0.4 is 0 Å². The highest BCUT2D eigenvalue weighted by molar-refractivity contribution is 5.10. The van der Waals surface area contributed by atoms with E-state index in [-0.39, 0.29) is 17.8 Å². The van der Waals surface area contributed by atoms with Crippen molar-refractivity contribution in [2.24, 2.45) is 22.7 Å². The highest BCUT2D eigenvalue weighted by Crippen LogP contribution is 2.65. The number of hydrogen-bond donors (Lipinski definition) is 1. The molecule has 0 spiro atoms. The minimum Gasteiger partial charge on any atom is -0.396 e. The number of aliphatic hydroxyl groups is 1. The van der Waals surface area contributed by atoms with Gasteiger partial charge in [0, 0.05) is 6.61 Å². The first-order valence-corrected chi connectivity index (χ1v) is 9.46. The van der Waals surface area contributed by atoms with Gasteiger partial charge in [0.05, 0.1) is 11.2 Å². The third kappa shape index (κ3) is 2.45. The van der Waals surface area contributed by atoms with Crippen LogP contribution in [0.4, 0.5) is 0 Å². The first-order valence-electron chi connectivity index (χ1n) is 9.46. The van der Waals surface area contributed by atoms with E-state index in [4.69, 9.17) is 4.74 Å². The maximum absolute atomic E-state index is 9.39. The van der Waals surface area contributed by atoms with Crippen molar-refractivity contribution in [3.05, 3.63) is 0 Å². The van der Waals surface area contributed by atoms with Crippen molar-refractivity contribution in [3.63, 3.8) is 0 Å². The van der Waals surface area contributed by atoms with Crippen molar-refractivity contribution >= 4 is 0 Å². The van der Waals surface area contributed by atoms with Gasteiger partial charge >= 0.3 is 0 Å². The van der Waals surface area contributed by atoms with E-state index in [9.17, 15) is 5.11 Å². The average Bonchev–Trinajstić information content (AvgIpc) is 2.36. The van der Waals surface area contributed by atoms with Crippen LogP contribution in [0.5, 0.6) is 0 Å². The Morgan fingerprint density at radius 3 is 2.27 bits per heavy atom. The van der Waals surface area contributed by atoms with Crippen molar-refractivity contribution in [1.29, 1.82) is 0 Å². The molecule has 0 aromatic heterocycles. The van der Waals surface area contributed by atoms with Gasteiger partial charge < -0.3 is 9.84 Å². The molecule has 2 saturated carbocycles. The Kier molecular flexibility index (Phi) is 3.97. The van der Waals surface area contributed by atoms with Gasteiger partial charge in [-0.3, -0.25) is 0 Å². The first kappa shape index (κ1) is 16.8. The van der Waals surface area contributed by atoms with Gasteiger partial charge in [0.2, 0.25) is 0 Å². The zero-order chi connectivity index (χ0) is 16.2. The molecule has 3 fully saturated rings.